The van der Waals surface area contributed by atoms with Gasteiger partial charge < -0.3 is 0 Å². The van der Waals surface area contributed by atoms with Crippen molar-refractivity contribution in [3.8, 4) is 11.1 Å². The molecule has 0 N–H and O–H groups in total. The molecule has 0 saturated carbocycles. The van der Waals surface area contributed by atoms with Gasteiger partial charge in [0.2, 0.25) is 16.2 Å². The second-order valence-electron chi connectivity index (χ2n) is 7.34. The van der Waals surface area contributed by atoms with Crippen molar-refractivity contribution in [2.24, 2.45) is 0 Å². The zero-order valence-electron chi connectivity index (χ0n) is 16.9. The zero-order valence-corrected chi connectivity index (χ0v) is 18.6. The number of benzene rings is 2. The third kappa shape index (κ3) is 6.06. The summed E-state index contributed by atoms with van der Waals surface area (Å²) in [5.41, 5.74) is 6.46. The van der Waals surface area contributed by atoms with Gasteiger partial charge in [-0.2, -0.15) is 0 Å². The van der Waals surface area contributed by atoms with E-state index in [1.807, 2.05) is 11.4 Å². The molecule has 0 aromatic heterocycles. The normalized spacial score (nSPS) is 14.4. The molecule has 2 aliphatic carbocycles. The Morgan fingerprint density at radius 1 is 0.576 bits per heavy atom. The van der Waals surface area contributed by atoms with E-state index in [1.54, 1.807) is 0 Å². The molecule has 0 fully saturated rings. The second-order valence-corrected chi connectivity index (χ2v) is 10.2. The van der Waals surface area contributed by atoms with Crippen molar-refractivity contribution in [3.05, 3.63) is 113 Å². The van der Waals surface area contributed by atoms with Crippen LogP contribution in [0.3, 0.4) is 0 Å². The Balaban J connectivity index is 0.000000325. The summed E-state index contributed by atoms with van der Waals surface area (Å²) in [5.74, 6) is 0. The molecule has 1 aliphatic heterocycles. The summed E-state index contributed by atoms with van der Waals surface area (Å²) in [6.45, 7) is 0. The summed E-state index contributed by atoms with van der Waals surface area (Å²) in [6, 6.07) is 32.4. The van der Waals surface area contributed by atoms with Gasteiger partial charge in [-0.25, -0.2) is 0 Å². The van der Waals surface area contributed by atoms with Crippen LogP contribution in [0.1, 0.15) is 11.1 Å². The van der Waals surface area contributed by atoms with Gasteiger partial charge in [0.15, 0.2) is 5.37 Å². The van der Waals surface area contributed by atoms with Crippen LogP contribution >= 0.6 is 7.81 Å². The Kier molecular flexibility index (Phi) is 5.46. The van der Waals surface area contributed by atoms with Crippen molar-refractivity contribution in [2.75, 3.05) is 0 Å². The molecule has 0 amide bonds. The van der Waals surface area contributed by atoms with Crippen LogP contribution in [0.25, 0.3) is 22.8 Å². The van der Waals surface area contributed by atoms with E-state index in [2.05, 4.69) is 102 Å². The Hall–Kier alpha value is -3.02. The van der Waals surface area contributed by atoms with Crippen LogP contribution in [-0.2, 0) is 11.4 Å². The van der Waals surface area contributed by atoms with E-state index >= 15 is 0 Å². The fourth-order valence-corrected chi connectivity index (χ4v) is 4.70. The van der Waals surface area contributed by atoms with Crippen LogP contribution in [0.2, 0.25) is 0 Å². The van der Waals surface area contributed by atoms with Crippen LogP contribution in [0.5, 0.6) is 0 Å². The standard InChI is InChI=1S/C25H17S.F6P/c1-4-10-18(11-5-1)23(19-12-6-2-7-13-19)24-20-14-8-3-9-15-21(20)25-22(24)16-17-26-25;1-7(2,3,4,5)6/h1-17H;/q+1;-1. The van der Waals surface area contributed by atoms with Gasteiger partial charge >= 0.3 is 33.0 Å². The first-order valence-electron chi connectivity index (χ1n) is 9.81. The van der Waals surface area contributed by atoms with E-state index in [4.69, 9.17) is 0 Å². The van der Waals surface area contributed by atoms with E-state index in [0.29, 0.717) is 0 Å². The van der Waals surface area contributed by atoms with Crippen molar-refractivity contribution in [1.82, 2.24) is 0 Å². The molecule has 2 aromatic carbocycles. The van der Waals surface area contributed by atoms with Crippen molar-refractivity contribution in [1.29, 1.82) is 0 Å². The van der Waals surface area contributed by atoms with Crippen molar-refractivity contribution >= 4 is 36.2 Å². The summed E-state index contributed by atoms with van der Waals surface area (Å²) in [7, 11) is -10.7. The molecular weight excluding hydrogens is 477 g/mol. The van der Waals surface area contributed by atoms with Crippen molar-refractivity contribution in [2.45, 2.75) is 4.90 Å². The third-order valence-corrected chi connectivity index (χ3v) is 5.81. The molecular formula is C25H17F6PS. The third-order valence-electron chi connectivity index (χ3n) is 4.86. The monoisotopic (exact) mass is 494 g/mol. The molecule has 0 bridgehead atoms. The number of halogens is 6. The maximum absolute atomic E-state index is 10.7. The predicted octanol–water partition coefficient (Wildman–Crippen LogP) is 7.46. The first-order chi connectivity index (χ1) is 15.4. The number of hydrogen-bond donors (Lipinski definition) is 0. The predicted molar refractivity (Wildman–Crippen MR) is 127 cm³/mol. The van der Waals surface area contributed by atoms with Crippen LogP contribution in [0.15, 0.2) is 95.9 Å². The molecule has 1 heterocycles. The van der Waals surface area contributed by atoms with E-state index < -0.39 is 7.81 Å². The van der Waals surface area contributed by atoms with Crippen LogP contribution < -0.4 is 10.4 Å². The van der Waals surface area contributed by atoms with E-state index in [0.717, 1.165) is 0 Å². The first kappa shape index (κ1) is 23.1. The van der Waals surface area contributed by atoms with Crippen LogP contribution in [-0.4, -0.2) is 5.37 Å². The number of hydrogen-bond acceptors (Lipinski definition) is 0. The first-order valence-corrected chi connectivity index (χ1v) is 12.7. The minimum absolute atomic E-state index is 1.25. The van der Waals surface area contributed by atoms with Gasteiger partial charge in [0.1, 0.15) is 0 Å². The van der Waals surface area contributed by atoms with E-state index in [-0.39, 0.29) is 0 Å². The van der Waals surface area contributed by atoms with Gasteiger partial charge in [-0.05, 0) is 28.3 Å². The zero-order chi connectivity index (χ0) is 23.8. The fraction of sp³-hybridized carbons (Fsp3) is 0. The molecule has 0 spiro atoms. The molecule has 5 rings (SSSR count). The summed E-state index contributed by atoms with van der Waals surface area (Å²) in [5, 5.41) is 4.89. The second kappa shape index (κ2) is 7.79. The Morgan fingerprint density at radius 2 is 1.00 bits per heavy atom. The molecule has 33 heavy (non-hydrogen) atoms. The molecule has 3 aliphatic rings. The molecule has 170 valence electrons. The Bertz CT molecular complexity index is 1380. The topological polar surface area (TPSA) is 0 Å². The van der Waals surface area contributed by atoms with Crippen molar-refractivity contribution in [3.63, 3.8) is 0 Å². The van der Waals surface area contributed by atoms with Gasteiger partial charge in [-0.3, -0.25) is 0 Å². The van der Waals surface area contributed by atoms with Gasteiger partial charge in [0.25, 0.3) is 0 Å². The number of rotatable bonds is 2. The SMILES string of the molecule is C1=[S+]c2c3cccccc-3c(=C(c3ccccc3)c3ccccc3)c2=C1.F[P-](F)(F)(F)(F)F. The van der Waals surface area contributed by atoms with Gasteiger partial charge in [0.05, 0.1) is 5.22 Å². The van der Waals surface area contributed by atoms with Gasteiger partial charge in [-0.1, -0.05) is 84.9 Å². The average molecular weight is 494 g/mol. The van der Waals surface area contributed by atoms with Crippen LogP contribution in [0, 0.1) is 0 Å². The maximum atomic E-state index is 9.87. The summed E-state index contributed by atoms with van der Waals surface area (Å²) in [4.78, 5) is 1.37. The van der Waals surface area contributed by atoms with E-state index in [1.165, 1.54) is 43.2 Å². The van der Waals surface area contributed by atoms with Crippen molar-refractivity contribution < 1.29 is 25.2 Å². The fourth-order valence-electron chi connectivity index (χ4n) is 3.76. The van der Waals surface area contributed by atoms with Gasteiger partial charge in [-0.15, -0.1) is 0 Å². The summed E-state index contributed by atoms with van der Waals surface area (Å²) >= 11 is 1.83. The molecule has 0 saturated heterocycles. The molecule has 0 atom stereocenters. The molecule has 0 unspecified atom stereocenters. The van der Waals surface area contributed by atoms with Gasteiger partial charge in [0, 0.05) is 16.9 Å². The minimum atomic E-state index is -10.7. The number of fused-ring (bicyclic) bond motifs is 3. The average Bonchev–Trinajstić information content (AvgIpc) is 3.21. The van der Waals surface area contributed by atoms with E-state index in [9.17, 15) is 25.2 Å². The quantitative estimate of drug-likeness (QED) is 0.117. The Morgan fingerprint density at radius 3 is 1.48 bits per heavy atom. The molecule has 0 nitrogen and oxygen atoms in total. The molecule has 0 radical (unpaired) electrons. The Labute approximate surface area is 190 Å². The summed E-state index contributed by atoms with van der Waals surface area (Å²) < 4.78 is 59.2. The molecule has 8 heteroatoms. The molecule has 2 aromatic rings. The summed E-state index contributed by atoms with van der Waals surface area (Å²) in [6.07, 6.45) is 2.27. The van der Waals surface area contributed by atoms with Crippen LogP contribution in [0.4, 0.5) is 25.2 Å².